The van der Waals surface area contributed by atoms with Crippen LogP contribution in [-0.4, -0.2) is 5.11 Å². The molecular weight excluding hydrogens is 192 g/mol. The highest BCUT2D eigenvalue weighted by Gasteiger charge is 2.02. The van der Waals surface area contributed by atoms with Gasteiger partial charge in [-0.25, -0.2) is 0 Å². The summed E-state index contributed by atoms with van der Waals surface area (Å²) in [5, 5.41) is 9.65. The minimum absolute atomic E-state index is 0.286. The first-order valence-electron chi connectivity index (χ1n) is 4.35. The Morgan fingerprint density at radius 2 is 1.64 bits per heavy atom. The van der Waals surface area contributed by atoms with E-state index in [-0.39, 0.29) is 5.75 Å². The van der Waals surface area contributed by atoms with Gasteiger partial charge in [-0.1, -0.05) is 30.3 Å². The predicted molar refractivity (Wildman–Crippen MR) is 60.8 cm³/mol. The van der Waals surface area contributed by atoms with Gasteiger partial charge >= 0.3 is 0 Å². The topological polar surface area (TPSA) is 20.2 Å². The van der Waals surface area contributed by atoms with Crippen molar-refractivity contribution in [3.63, 3.8) is 0 Å². The van der Waals surface area contributed by atoms with E-state index in [2.05, 4.69) is 12.6 Å². The van der Waals surface area contributed by atoms with Crippen LogP contribution in [0.25, 0.3) is 11.1 Å². The second-order valence-corrected chi connectivity index (χ2v) is 3.58. The molecule has 0 heterocycles. The number of thiol groups is 1. The van der Waals surface area contributed by atoms with Gasteiger partial charge in [0.2, 0.25) is 0 Å². The Morgan fingerprint density at radius 3 is 2.36 bits per heavy atom. The molecule has 0 radical (unpaired) electrons. The predicted octanol–water partition coefficient (Wildman–Crippen LogP) is 3.35. The Kier molecular flexibility index (Phi) is 2.46. The van der Waals surface area contributed by atoms with Gasteiger partial charge in [0.1, 0.15) is 5.75 Å². The van der Waals surface area contributed by atoms with Crippen molar-refractivity contribution in [2.45, 2.75) is 4.90 Å². The van der Waals surface area contributed by atoms with E-state index in [1.807, 2.05) is 36.4 Å². The summed E-state index contributed by atoms with van der Waals surface area (Å²) in [5.74, 6) is 0.286. The monoisotopic (exact) mass is 202 g/mol. The summed E-state index contributed by atoms with van der Waals surface area (Å²) in [6.07, 6.45) is 0. The zero-order valence-corrected chi connectivity index (χ0v) is 8.41. The van der Waals surface area contributed by atoms with Crippen LogP contribution in [0.1, 0.15) is 0 Å². The van der Waals surface area contributed by atoms with E-state index in [1.165, 1.54) is 0 Å². The van der Waals surface area contributed by atoms with Crippen LogP contribution in [0.3, 0.4) is 0 Å². The van der Waals surface area contributed by atoms with Crippen LogP contribution in [0.2, 0.25) is 0 Å². The van der Waals surface area contributed by atoms with Crippen LogP contribution < -0.4 is 0 Å². The molecule has 1 nitrogen and oxygen atoms in total. The molecule has 0 spiro atoms. The van der Waals surface area contributed by atoms with Gasteiger partial charge in [-0.2, -0.15) is 0 Å². The Balaban J connectivity index is 2.57. The van der Waals surface area contributed by atoms with Crippen LogP contribution in [0, 0.1) is 0 Å². The normalized spacial score (nSPS) is 10.1. The average molecular weight is 202 g/mol. The molecule has 0 bridgehead atoms. The van der Waals surface area contributed by atoms with Crippen molar-refractivity contribution < 1.29 is 5.11 Å². The van der Waals surface area contributed by atoms with E-state index in [4.69, 9.17) is 0 Å². The van der Waals surface area contributed by atoms with E-state index in [1.54, 1.807) is 12.1 Å². The van der Waals surface area contributed by atoms with Crippen molar-refractivity contribution in [3.05, 3.63) is 48.5 Å². The number of hydrogen-bond donors (Lipinski definition) is 2. The molecule has 2 aromatic rings. The molecule has 0 fully saturated rings. The molecule has 0 aliphatic rings. The first-order valence-corrected chi connectivity index (χ1v) is 4.79. The number of benzene rings is 2. The molecule has 0 saturated heterocycles. The summed E-state index contributed by atoms with van der Waals surface area (Å²) in [6.45, 7) is 0. The van der Waals surface area contributed by atoms with E-state index >= 15 is 0 Å². The molecule has 2 aromatic carbocycles. The summed E-state index contributed by atoms with van der Waals surface area (Å²) in [5.41, 5.74) is 1.82. The minimum Gasteiger partial charge on any atom is -0.507 e. The minimum atomic E-state index is 0.286. The molecule has 1 N–H and O–H groups in total. The van der Waals surface area contributed by atoms with Crippen molar-refractivity contribution >= 4 is 12.6 Å². The number of aromatic hydroxyl groups is 1. The molecular formula is C12H10OS. The molecule has 0 aromatic heterocycles. The highest BCUT2D eigenvalue weighted by Crippen LogP contribution is 2.30. The number of phenols is 1. The number of phenolic OH excluding ortho intramolecular Hbond substituents is 1. The third-order valence-corrected chi connectivity index (χ3v) is 2.34. The maximum atomic E-state index is 9.65. The maximum absolute atomic E-state index is 9.65. The molecule has 0 unspecified atom stereocenters. The summed E-state index contributed by atoms with van der Waals surface area (Å²) in [4.78, 5) is 0.849. The fraction of sp³-hybridized carbons (Fsp3) is 0. The first-order chi connectivity index (χ1) is 6.77. The third kappa shape index (κ3) is 1.75. The van der Waals surface area contributed by atoms with Gasteiger partial charge in [0.25, 0.3) is 0 Å². The Morgan fingerprint density at radius 1 is 0.929 bits per heavy atom. The average Bonchev–Trinajstić information content (AvgIpc) is 2.23. The molecule has 0 atom stereocenters. The quantitative estimate of drug-likeness (QED) is 0.679. The van der Waals surface area contributed by atoms with Crippen LogP contribution in [-0.2, 0) is 0 Å². The number of rotatable bonds is 1. The summed E-state index contributed by atoms with van der Waals surface area (Å²) < 4.78 is 0. The van der Waals surface area contributed by atoms with Crippen LogP contribution >= 0.6 is 12.6 Å². The molecule has 0 aliphatic heterocycles. The zero-order valence-electron chi connectivity index (χ0n) is 7.51. The highest BCUT2D eigenvalue weighted by molar-refractivity contribution is 7.80. The highest BCUT2D eigenvalue weighted by atomic mass is 32.1. The molecule has 0 aliphatic carbocycles. The molecule has 0 amide bonds. The summed E-state index contributed by atoms with van der Waals surface area (Å²) in [6, 6.07) is 15.0. The van der Waals surface area contributed by atoms with Gasteiger partial charge < -0.3 is 5.11 Å². The SMILES string of the molecule is Oc1ccc(S)cc1-c1ccccc1. The lowest BCUT2D eigenvalue weighted by Gasteiger charge is -2.04. The largest absolute Gasteiger partial charge is 0.507 e. The third-order valence-electron chi connectivity index (χ3n) is 2.06. The molecule has 70 valence electrons. The molecule has 0 saturated carbocycles. The van der Waals surface area contributed by atoms with E-state index in [0.717, 1.165) is 16.0 Å². The zero-order chi connectivity index (χ0) is 9.97. The fourth-order valence-corrected chi connectivity index (χ4v) is 1.58. The smallest absolute Gasteiger partial charge is 0.123 e. The number of hydrogen-bond acceptors (Lipinski definition) is 2. The standard InChI is InChI=1S/C12H10OS/c13-12-7-6-10(14)8-11(12)9-4-2-1-3-5-9/h1-8,13-14H. The van der Waals surface area contributed by atoms with Crippen LogP contribution in [0.4, 0.5) is 0 Å². The van der Waals surface area contributed by atoms with Gasteiger partial charge in [0.05, 0.1) is 0 Å². The van der Waals surface area contributed by atoms with E-state index in [9.17, 15) is 5.11 Å². The lowest BCUT2D eigenvalue weighted by atomic mass is 10.1. The summed E-state index contributed by atoms with van der Waals surface area (Å²) in [7, 11) is 0. The second-order valence-electron chi connectivity index (χ2n) is 3.07. The van der Waals surface area contributed by atoms with Crippen molar-refractivity contribution in [3.8, 4) is 16.9 Å². The van der Waals surface area contributed by atoms with Crippen LogP contribution in [0.15, 0.2) is 53.4 Å². The van der Waals surface area contributed by atoms with Gasteiger partial charge in [-0.05, 0) is 23.8 Å². The second kappa shape index (κ2) is 3.76. The van der Waals surface area contributed by atoms with Crippen molar-refractivity contribution in [1.82, 2.24) is 0 Å². The van der Waals surface area contributed by atoms with E-state index < -0.39 is 0 Å². The molecule has 14 heavy (non-hydrogen) atoms. The summed E-state index contributed by atoms with van der Waals surface area (Å²) >= 11 is 4.24. The van der Waals surface area contributed by atoms with Gasteiger partial charge in [-0.15, -0.1) is 12.6 Å². The Bertz CT molecular complexity index is 437. The van der Waals surface area contributed by atoms with Crippen molar-refractivity contribution in [2.24, 2.45) is 0 Å². The lowest BCUT2D eigenvalue weighted by Crippen LogP contribution is -1.78. The van der Waals surface area contributed by atoms with E-state index in [0.29, 0.717) is 0 Å². The Hall–Kier alpha value is -1.41. The lowest BCUT2D eigenvalue weighted by molar-refractivity contribution is 0.477. The maximum Gasteiger partial charge on any atom is 0.123 e. The van der Waals surface area contributed by atoms with Gasteiger partial charge in [0, 0.05) is 10.5 Å². The fourth-order valence-electron chi connectivity index (χ4n) is 1.37. The van der Waals surface area contributed by atoms with Gasteiger partial charge in [-0.3, -0.25) is 0 Å². The van der Waals surface area contributed by atoms with Gasteiger partial charge in [0.15, 0.2) is 0 Å². The van der Waals surface area contributed by atoms with Crippen molar-refractivity contribution in [1.29, 1.82) is 0 Å². The Labute approximate surface area is 88.4 Å². The first kappa shape index (κ1) is 9.16. The van der Waals surface area contributed by atoms with Crippen molar-refractivity contribution in [2.75, 3.05) is 0 Å². The van der Waals surface area contributed by atoms with Crippen LogP contribution in [0.5, 0.6) is 5.75 Å². The molecule has 2 heteroatoms. The molecule has 2 rings (SSSR count).